The molecule has 0 unspecified atom stereocenters. The van der Waals surface area contributed by atoms with E-state index < -0.39 is 0 Å². The molecule has 0 saturated carbocycles. The Morgan fingerprint density at radius 2 is 1.19 bits per heavy atom. The first kappa shape index (κ1) is 44.7. The summed E-state index contributed by atoms with van der Waals surface area (Å²) in [4.78, 5) is 11.6. The zero-order valence-electron chi connectivity index (χ0n) is 21.9. The van der Waals surface area contributed by atoms with E-state index in [9.17, 15) is 4.79 Å². The summed E-state index contributed by atoms with van der Waals surface area (Å²) in [6.45, 7) is 20.0. The van der Waals surface area contributed by atoms with Crippen LogP contribution in [-0.2, 0) is 43.9 Å². The number of allylic oxidation sites excluding steroid dienone is 2. The Balaban J connectivity index is -0.000000102. The fourth-order valence-corrected chi connectivity index (χ4v) is 2.28. The number of benzene rings is 2. The van der Waals surface area contributed by atoms with Gasteiger partial charge in [-0.2, -0.15) is 5.56 Å². The fraction of sp³-hybridized carbons (Fsp3) is 0.483. The topological polar surface area (TPSA) is 17.1 Å². The Morgan fingerprint density at radius 3 is 1.59 bits per heavy atom. The van der Waals surface area contributed by atoms with Gasteiger partial charge >= 0.3 is 0 Å². The van der Waals surface area contributed by atoms with Crippen LogP contribution in [0.4, 0.5) is 0 Å². The number of rotatable bonds is 6. The molecule has 0 amide bonds. The summed E-state index contributed by atoms with van der Waals surface area (Å²) in [5.74, 6) is 0.0864. The molecule has 2 aromatic rings. The average molecular weight is 516 g/mol. The van der Waals surface area contributed by atoms with E-state index in [1.54, 1.807) is 0 Å². The number of hydrogen-bond acceptors (Lipinski definition) is 1. The van der Waals surface area contributed by atoms with Crippen LogP contribution in [0.5, 0.6) is 0 Å². The van der Waals surface area contributed by atoms with Gasteiger partial charge in [0.05, 0.1) is 5.78 Å². The molecule has 0 aromatic heterocycles. The van der Waals surface area contributed by atoms with Gasteiger partial charge in [-0.15, -0.1) is 12.1 Å². The molecule has 32 heavy (non-hydrogen) atoms. The van der Waals surface area contributed by atoms with Crippen LogP contribution < -0.4 is 0 Å². The quantitative estimate of drug-likeness (QED) is 0.212. The number of hydrogen-bond donors (Lipinski definition) is 0. The third kappa shape index (κ3) is 22.2. The summed E-state index contributed by atoms with van der Waals surface area (Å²) in [5, 5.41) is 0. The number of ketones is 1. The number of Topliss-reactive ketones (excluding diaryl/α,β-unsaturated/α-hetero) is 1. The van der Waals surface area contributed by atoms with Crippen LogP contribution in [0.2, 0.25) is 0 Å². The van der Waals surface area contributed by atoms with Crippen molar-refractivity contribution in [2.75, 3.05) is 0 Å². The van der Waals surface area contributed by atoms with E-state index in [4.69, 9.17) is 0 Å². The molecule has 2 aromatic carbocycles. The van der Waals surface area contributed by atoms with Crippen molar-refractivity contribution in [2.24, 2.45) is 0 Å². The molecule has 4 radical (unpaired) electrons. The minimum atomic E-state index is 0. The molecule has 0 spiro atoms. The summed E-state index contributed by atoms with van der Waals surface area (Å²) in [6.07, 6.45) is 5.32. The average Bonchev–Trinajstić information content (AvgIpc) is 2.80. The van der Waals surface area contributed by atoms with E-state index in [-0.39, 0.29) is 55.8 Å². The molecule has 0 atom stereocenters. The summed E-state index contributed by atoms with van der Waals surface area (Å²) in [6, 6.07) is 18.8. The minimum Gasteiger partial charge on any atom is -0.317 e. The van der Waals surface area contributed by atoms with Crippen LogP contribution in [0.1, 0.15) is 108 Å². The molecular formula is C29H51BOY-. The first-order chi connectivity index (χ1) is 14.2. The second-order valence-corrected chi connectivity index (χ2v) is 5.28. The molecule has 0 aliphatic heterocycles. The monoisotopic (exact) mass is 516 g/mol. The van der Waals surface area contributed by atoms with Crippen molar-refractivity contribution in [1.82, 2.24) is 0 Å². The fourth-order valence-electron chi connectivity index (χ4n) is 2.28. The molecule has 0 heterocycles. The summed E-state index contributed by atoms with van der Waals surface area (Å²) < 4.78 is 0. The van der Waals surface area contributed by atoms with E-state index in [0.717, 1.165) is 24.0 Å². The molecule has 2 rings (SSSR count). The summed E-state index contributed by atoms with van der Waals surface area (Å²) in [5.41, 5.74) is 4.57. The van der Waals surface area contributed by atoms with Crippen molar-refractivity contribution in [1.29, 1.82) is 0 Å². The maximum atomic E-state index is 11.6. The number of carbonyl (C=O) groups is 1. The van der Waals surface area contributed by atoms with Crippen LogP contribution in [0.25, 0.3) is 5.57 Å². The largest absolute Gasteiger partial charge is 0.317 e. The van der Waals surface area contributed by atoms with Gasteiger partial charge in [0.15, 0.2) is 0 Å². The molecule has 0 saturated heterocycles. The summed E-state index contributed by atoms with van der Waals surface area (Å²) >= 11 is 0. The van der Waals surface area contributed by atoms with Gasteiger partial charge in [-0.25, -0.2) is 11.6 Å². The molecule has 0 aliphatic rings. The van der Waals surface area contributed by atoms with Crippen molar-refractivity contribution in [3.63, 3.8) is 0 Å². The van der Waals surface area contributed by atoms with E-state index in [2.05, 4.69) is 54.6 Å². The normalized spacial score (nSPS) is 8.25. The maximum Gasteiger partial charge on any atom is 0.0669 e. The van der Waals surface area contributed by atoms with Gasteiger partial charge in [0.1, 0.15) is 0 Å². The Labute approximate surface area is 230 Å². The summed E-state index contributed by atoms with van der Waals surface area (Å²) in [7, 11) is 0. The molecule has 1 nitrogen and oxygen atoms in total. The van der Waals surface area contributed by atoms with Crippen LogP contribution in [-0.4, -0.2) is 14.2 Å². The first-order valence-electron chi connectivity index (χ1n) is 11.5. The third-order valence-corrected chi connectivity index (χ3v) is 3.44. The third-order valence-electron chi connectivity index (χ3n) is 3.44. The Bertz CT molecular complexity index is 626. The van der Waals surface area contributed by atoms with Crippen LogP contribution >= 0.6 is 0 Å². The second kappa shape index (κ2) is 34.6. The van der Waals surface area contributed by atoms with Crippen molar-refractivity contribution < 1.29 is 38.9 Å². The predicted octanol–water partition coefficient (Wildman–Crippen LogP) is 9.46. The van der Waals surface area contributed by atoms with Gasteiger partial charge in [-0.1, -0.05) is 126 Å². The Hall–Kier alpha value is -0.981. The second-order valence-electron chi connectivity index (χ2n) is 5.28. The first-order valence-corrected chi connectivity index (χ1v) is 11.5. The molecule has 0 bridgehead atoms. The zero-order chi connectivity index (χ0) is 23.1. The van der Waals surface area contributed by atoms with Gasteiger partial charge in [0.25, 0.3) is 0 Å². The SMILES string of the molecule is C.CC.CC.CC.CC.CCCC(=O)[C-]=C(C)c1ccc(Cc2ccccc2)cc1.[2HH].[B].[Y]. The van der Waals surface area contributed by atoms with E-state index >= 15 is 0 Å². The van der Waals surface area contributed by atoms with Gasteiger partial charge in [-0.05, 0) is 24.0 Å². The van der Waals surface area contributed by atoms with Crippen molar-refractivity contribution in [2.45, 2.75) is 95.9 Å². The Morgan fingerprint density at radius 1 is 0.781 bits per heavy atom. The molecule has 0 aliphatic carbocycles. The van der Waals surface area contributed by atoms with Crippen molar-refractivity contribution in [3.05, 3.63) is 77.4 Å². The standard InChI is InChI=1S/C20H21O.4C2H6.CH4.B.Y.H2/c1-3-7-20(21)14-16(2)19-12-10-18(11-13-19)15-17-8-5-4-6-9-17;4*1-2;;;;/h4-6,8-13H,3,7,15H2,1-2H3;4*1-2H3;1H4;;;1H/q-1;;;;;;;;/i;;;;;;;;1+1. The van der Waals surface area contributed by atoms with E-state index in [1.165, 1.54) is 11.1 Å². The van der Waals surface area contributed by atoms with Gasteiger partial charge < -0.3 is 4.79 Å². The predicted molar refractivity (Wildman–Crippen MR) is 148 cm³/mol. The molecule has 0 fully saturated rings. The minimum absolute atomic E-state index is 0. The molecule has 0 N–H and O–H groups in total. The smallest absolute Gasteiger partial charge is 0.0669 e. The number of carbonyl (C=O) groups excluding carboxylic acids is 1. The van der Waals surface area contributed by atoms with Crippen LogP contribution in [0.15, 0.2) is 54.6 Å². The van der Waals surface area contributed by atoms with Crippen LogP contribution in [0.3, 0.4) is 0 Å². The van der Waals surface area contributed by atoms with Crippen LogP contribution in [0, 0.1) is 6.08 Å². The molecule has 3 heteroatoms. The maximum absolute atomic E-state index is 11.6. The molecular weight excluding hydrogens is 464 g/mol. The zero-order valence-corrected chi connectivity index (χ0v) is 24.7. The van der Waals surface area contributed by atoms with Gasteiger partial charge in [0, 0.05) is 42.5 Å². The van der Waals surface area contributed by atoms with Crippen molar-refractivity contribution >= 4 is 19.8 Å². The van der Waals surface area contributed by atoms with Gasteiger partial charge in [0.2, 0.25) is 0 Å². The van der Waals surface area contributed by atoms with Gasteiger partial charge in [-0.3, -0.25) is 0 Å². The Kier molecular flexibility index (Phi) is 48.3. The van der Waals surface area contributed by atoms with Crippen molar-refractivity contribution in [3.8, 4) is 0 Å². The van der Waals surface area contributed by atoms with E-state index in [1.807, 2.05) is 75.3 Å². The molecule has 180 valence electrons. The van der Waals surface area contributed by atoms with E-state index in [0.29, 0.717) is 6.42 Å².